The SMILES string of the molecule is C=CC(=O)NC1CCCN([C@@H]2c3c[nH]cc3NCN2C#Cc2cc(OC)cc(OC)c2)C1. The first-order valence-electron chi connectivity index (χ1n) is 10.7. The van der Waals surface area contributed by atoms with Crippen molar-refractivity contribution in [3.05, 3.63) is 54.4 Å². The molecule has 0 spiro atoms. The smallest absolute Gasteiger partial charge is 0.243 e. The van der Waals surface area contributed by atoms with E-state index in [-0.39, 0.29) is 18.1 Å². The summed E-state index contributed by atoms with van der Waals surface area (Å²) in [7, 11) is 3.25. The molecule has 4 rings (SSSR count). The zero-order valence-electron chi connectivity index (χ0n) is 18.5. The van der Waals surface area contributed by atoms with Gasteiger partial charge in [0.1, 0.15) is 17.7 Å². The van der Waals surface area contributed by atoms with Gasteiger partial charge in [-0.05, 0) is 37.0 Å². The number of amides is 1. The normalized spacial score (nSPS) is 20.2. The molecule has 1 saturated heterocycles. The number of fused-ring (bicyclic) bond motifs is 1. The van der Waals surface area contributed by atoms with Crippen LogP contribution >= 0.6 is 0 Å². The molecule has 2 aliphatic heterocycles. The molecule has 1 aromatic carbocycles. The molecule has 168 valence electrons. The predicted octanol–water partition coefficient (Wildman–Crippen LogP) is 2.49. The Kier molecular flexibility index (Phi) is 6.57. The highest BCUT2D eigenvalue weighted by Crippen LogP contribution is 2.35. The van der Waals surface area contributed by atoms with Crippen LogP contribution < -0.4 is 20.1 Å². The zero-order chi connectivity index (χ0) is 22.5. The minimum atomic E-state index is -0.131. The number of carbonyl (C=O) groups excluding carboxylic acids is 1. The topological polar surface area (TPSA) is 81.9 Å². The summed E-state index contributed by atoms with van der Waals surface area (Å²) in [6.07, 6.45) is 7.24. The largest absolute Gasteiger partial charge is 0.497 e. The zero-order valence-corrected chi connectivity index (χ0v) is 18.5. The second-order valence-corrected chi connectivity index (χ2v) is 7.89. The summed E-state index contributed by atoms with van der Waals surface area (Å²) >= 11 is 0. The van der Waals surface area contributed by atoms with E-state index in [1.807, 2.05) is 30.6 Å². The van der Waals surface area contributed by atoms with Crippen molar-refractivity contribution in [2.75, 3.05) is 39.3 Å². The molecule has 8 nitrogen and oxygen atoms in total. The average molecular weight is 436 g/mol. The van der Waals surface area contributed by atoms with Crippen molar-refractivity contribution in [1.82, 2.24) is 20.1 Å². The van der Waals surface area contributed by atoms with Crippen molar-refractivity contribution in [3.63, 3.8) is 0 Å². The maximum Gasteiger partial charge on any atom is 0.243 e. The Hall–Kier alpha value is -3.57. The number of hydrogen-bond donors (Lipinski definition) is 3. The molecular weight excluding hydrogens is 406 g/mol. The highest BCUT2D eigenvalue weighted by molar-refractivity contribution is 5.87. The van der Waals surface area contributed by atoms with Gasteiger partial charge in [-0.2, -0.15) is 0 Å². The molecule has 3 N–H and O–H groups in total. The van der Waals surface area contributed by atoms with Crippen LogP contribution in [-0.4, -0.2) is 60.7 Å². The van der Waals surface area contributed by atoms with Crippen LogP contribution in [0.5, 0.6) is 11.5 Å². The molecule has 32 heavy (non-hydrogen) atoms. The number of anilines is 1. The molecule has 1 aromatic heterocycles. The third-order valence-electron chi connectivity index (χ3n) is 5.82. The number of piperidine rings is 1. The summed E-state index contributed by atoms with van der Waals surface area (Å²) in [6, 6.07) is 9.04. The van der Waals surface area contributed by atoms with Gasteiger partial charge in [0, 0.05) is 54.8 Å². The maximum atomic E-state index is 11.8. The van der Waals surface area contributed by atoms with Crippen LogP contribution in [0.1, 0.15) is 30.1 Å². The van der Waals surface area contributed by atoms with Gasteiger partial charge in [0.05, 0.1) is 26.6 Å². The van der Waals surface area contributed by atoms with Crippen LogP contribution in [0, 0.1) is 12.0 Å². The second kappa shape index (κ2) is 9.71. The third kappa shape index (κ3) is 4.68. The van der Waals surface area contributed by atoms with E-state index in [0.717, 1.165) is 42.7 Å². The summed E-state index contributed by atoms with van der Waals surface area (Å²) in [5.41, 5.74) is 3.03. The van der Waals surface area contributed by atoms with Crippen molar-refractivity contribution >= 4 is 11.6 Å². The average Bonchev–Trinajstić information content (AvgIpc) is 3.31. The fourth-order valence-corrected chi connectivity index (χ4v) is 4.28. The quantitative estimate of drug-likeness (QED) is 0.495. The molecular formula is C24H29N5O3. The number of benzene rings is 1. The van der Waals surface area contributed by atoms with E-state index in [0.29, 0.717) is 18.2 Å². The van der Waals surface area contributed by atoms with Gasteiger partial charge in [-0.1, -0.05) is 6.58 Å². The van der Waals surface area contributed by atoms with Gasteiger partial charge in [0.15, 0.2) is 0 Å². The number of nitrogens with one attached hydrogen (secondary N) is 3. The van der Waals surface area contributed by atoms with Crippen molar-refractivity contribution in [1.29, 1.82) is 0 Å². The standard InChI is InChI=1S/C24H29N5O3/c1-4-23(30)27-18-6-5-8-28(15-18)24-21-13-25-14-22(21)26-16-29(24)9-7-17-10-19(31-2)12-20(11-17)32-3/h4,10-14,18,24-26H,1,5-6,8,15-16H2,2-3H3,(H,27,30)/t18?,24-/m0/s1. The first-order chi connectivity index (χ1) is 15.6. The van der Waals surface area contributed by atoms with Crippen molar-refractivity contribution in [3.8, 4) is 23.5 Å². The number of ether oxygens (including phenoxy) is 2. The lowest BCUT2D eigenvalue weighted by Crippen LogP contribution is -2.52. The van der Waals surface area contributed by atoms with Gasteiger partial charge < -0.3 is 25.1 Å². The molecule has 0 saturated carbocycles. The number of aromatic nitrogens is 1. The fourth-order valence-electron chi connectivity index (χ4n) is 4.28. The minimum Gasteiger partial charge on any atom is -0.497 e. The van der Waals surface area contributed by atoms with Crippen LogP contribution in [0.2, 0.25) is 0 Å². The Morgan fingerprint density at radius 2 is 2.03 bits per heavy atom. The summed E-state index contributed by atoms with van der Waals surface area (Å²) < 4.78 is 10.7. The number of carbonyl (C=O) groups is 1. The summed E-state index contributed by atoms with van der Waals surface area (Å²) in [4.78, 5) is 19.5. The van der Waals surface area contributed by atoms with E-state index >= 15 is 0 Å². The number of H-pyrrole nitrogens is 1. The Bertz CT molecular complexity index is 1020. The number of methoxy groups -OCH3 is 2. The lowest BCUT2D eigenvalue weighted by Gasteiger charge is -2.44. The summed E-state index contributed by atoms with van der Waals surface area (Å²) in [5, 5.41) is 6.48. The molecule has 0 bridgehead atoms. The molecule has 8 heteroatoms. The Labute approximate surface area is 188 Å². The molecule has 0 aliphatic carbocycles. The Morgan fingerprint density at radius 1 is 1.25 bits per heavy atom. The molecule has 2 atom stereocenters. The minimum absolute atomic E-state index is 0.0269. The van der Waals surface area contributed by atoms with Gasteiger partial charge in [0.2, 0.25) is 5.91 Å². The fraction of sp³-hybridized carbons (Fsp3) is 0.375. The molecule has 1 unspecified atom stereocenters. The van der Waals surface area contributed by atoms with Crippen LogP contribution in [0.3, 0.4) is 0 Å². The summed E-state index contributed by atoms with van der Waals surface area (Å²) in [6.45, 7) is 5.83. The number of hydrogen-bond acceptors (Lipinski definition) is 6. The monoisotopic (exact) mass is 435 g/mol. The van der Waals surface area contributed by atoms with E-state index in [4.69, 9.17) is 9.47 Å². The Morgan fingerprint density at radius 3 is 2.75 bits per heavy atom. The van der Waals surface area contributed by atoms with Gasteiger partial charge in [-0.25, -0.2) is 0 Å². The first kappa shape index (κ1) is 21.7. The molecule has 3 heterocycles. The van der Waals surface area contributed by atoms with E-state index < -0.39 is 0 Å². The van der Waals surface area contributed by atoms with Gasteiger partial charge in [-0.3, -0.25) is 14.6 Å². The predicted molar refractivity (Wildman–Crippen MR) is 123 cm³/mol. The number of aromatic amines is 1. The van der Waals surface area contributed by atoms with E-state index in [2.05, 4.69) is 44.0 Å². The number of rotatable bonds is 5. The van der Waals surface area contributed by atoms with Gasteiger partial charge >= 0.3 is 0 Å². The lowest BCUT2D eigenvalue weighted by molar-refractivity contribution is -0.117. The first-order valence-corrected chi connectivity index (χ1v) is 10.7. The molecule has 2 aliphatic rings. The van der Waals surface area contributed by atoms with Crippen LogP contribution in [0.25, 0.3) is 0 Å². The second-order valence-electron chi connectivity index (χ2n) is 7.89. The van der Waals surface area contributed by atoms with Crippen molar-refractivity contribution < 1.29 is 14.3 Å². The molecule has 1 fully saturated rings. The maximum absolute atomic E-state index is 11.8. The lowest BCUT2D eigenvalue weighted by atomic mass is 10.0. The van der Waals surface area contributed by atoms with E-state index in [1.54, 1.807) is 14.2 Å². The Balaban J connectivity index is 1.61. The van der Waals surface area contributed by atoms with Crippen LogP contribution in [0.15, 0.2) is 43.2 Å². The number of likely N-dealkylation sites (tertiary alicyclic amines) is 1. The highest BCUT2D eigenvalue weighted by Gasteiger charge is 2.34. The molecule has 0 radical (unpaired) electrons. The third-order valence-corrected chi connectivity index (χ3v) is 5.82. The summed E-state index contributed by atoms with van der Waals surface area (Å²) in [5.74, 6) is 4.53. The van der Waals surface area contributed by atoms with E-state index in [9.17, 15) is 4.79 Å². The van der Waals surface area contributed by atoms with Crippen molar-refractivity contribution in [2.45, 2.75) is 25.0 Å². The van der Waals surface area contributed by atoms with Crippen LogP contribution in [0.4, 0.5) is 5.69 Å². The van der Waals surface area contributed by atoms with Crippen molar-refractivity contribution in [2.24, 2.45) is 0 Å². The van der Waals surface area contributed by atoms with Gasteiger partial charge in [0.25, 0.3) is 0 Å². The molecule has 2 aromatic rings. The van der Waals surface area contributed by atoms with Crippen LogP contribution in [-0.2, 0) is 4.79 Å². The highest BCUT2D eigenvalue weighted by atomic mass is 16.5. The molecule has 1 amide bonds. The number of nitrogens with zero attached hydrogens (tertiary/aromatic N) is 2. The van der Waals surface area contributed by atoms with Gasteiger partial charge in [-0.15, -0.1) is 0 Å². The van der Waals surface area contributed by atoms with E-state index in [1.165, 1.54) is 6.08 Å².